The predicted octanol–water partition coefficient (Wildman–Crippen LogP) is 1.72. The standard InChI is InChI=1S/C17H24N2O5/c1-11-7-10-24-14(11)16(21)19-9-2-8-18-15(20)12-3-5-13(6-4-12)17(22)23/h7,10,12-13H,2-6,8-9H2,1H3,(H,18,20)(H,19,21)(H,22,23). The van der Waals surface area contributed by atoms with Crippen molar-refractivity contribution in [2.45, 2.75) is 39.0 Å². The third-order valence-electron chi connectivity index (χ3n) is 4.45. The summed E-state index contributed by atoms with van der Waals surface area (Å²) in [6.45, 7) is 2.73. The van der Waals surface area contributed by atoms with E-state index in [1.54, 1.807) is 13.0 Å². The van der Waals surface area contributed by atoms with Crippen molar-refractivity contribution in [2.24, 2.45) is 11.8 Å². The van der Waals surface area contributed by atoms with Gasteiger partial charge in [0.2, 0.25) is 5.91 Å². The van der Waals surface area contributed by atoms with Crippen LogP contribution in [-0.2, 0) is 9.59 Å². The molecule has 0 bridgehead atoms. The maximum Gasteiger partial charge on any atom is 0.306 e. The van der Waals surface area contributed by atoms with Crippen molar-refractivity contribution in [3.05, 3.63) is 23.7 Å². The second-order valence-electron chi connectivity index (χ2n) is 6.22. The van der Waals surface area contributed by atoms with E-state index in [2.05, 4.69) is 10.6 Å². The van der Waals surface area contributed by atoms with Crippen molar-refractivity contribution in [1.82, 2.24) is 10.6 Å². The zero-order valence-electron chi connectivity index (χ0n) is 13.8. The molecule has 1 fully saturated rings. The number of amides is 2. The first-order valence-corrected chi connectivity index (χ1v) is 8.32. The number of carboxylic acid groups (broad SMARTS) is 1. The highest BCUT2D eigenvalue weighted by Gasteiger charge is 2.29. The Hall–Kier alpha value is -2.31. The lowest BCUT2D eigenvalue weighted by atomic mass is 9.81. The van der Waals surface area contributed by atoms with Gasteiger partial charge in [0.25, 0.3) is 5.91 Å². The minimum atomic E-state index is -0.767. The summed E-state index contributed by atoms with van der Waals surface area (Å²) in [5.74, 6) is -1.14. The van der Waals surface area contributed by atoms with E-state index in [1.807, 2.05) is 0 Å². The Balaban J connectivity index is 1.59. The largest absolute Gasteiger partial charge is 0.481 e. The van der Waals surface area contributed by atoms with E-state index in [9.17, 15) is 14.4 Å². The number of rotatable bonds is 7. The van der Waals surface area contributed by atoms with Crippen LogP contribution in [0.15, 0.2) is 16.7 Å². The van der Waals surface area contributed by atoms with Crippen LogP contribution in [0.2, 0.25) is 0 Å². The molecule has 1 heterocycles. The lowest BCUT2D eigenvalue weighted by Gasteiger charge is -2.25. The topological polar surface area (TPSA) is 109 Å². The molecule has 7 nitrogen and oxygen atoms in total. The van der Waals surface area contributed by atoms with Crippen molar-refractivity contribution < 1.29 is 23.9 Å². The van der Waals surface area contributed by atoms with Crippen molar-refractivity contribution in [1.29, 1.82) is 0 Å². The summed E-state index contributed by atoms with van der Waals surface area (Å²) in [6.07, 6.45) is 4.47. The Kier molecular flexibility index (Phi) is 6.40. The van der Waals surface area contributed by atoms with Gasteiger partial charge in [-0.3, -0.25) is 14.4 Å². The third kappa shape index (κ3) is 4.84. The van der Waals surface area contributed by atoms with Crippen molar-refractivity contribution in [2.75, 3.05) is 13.1 Å². The number of carbonyl (C=O) groups is 3. The molecule has 1 aromatic heterocycles. The fraction of sp³-hybridized carbons (Fsp3) is 0.588. The van der Waals surface area contributed by atoms with Crippen LogP contribution in [0.1, 0.15) is 48.2 Å². The SMILES string of the molecule is Cc1ccoc1C(=O)NCCCNC(=O)C1CCC(C(=O)O)CC1. The summed E-state index contributed by atoms with van der Waals surface area (Å²) >= 11 is 0. The van der Waals surface area contributed by atoms with Gasteiger partial charge in [-0.15, -0.1) is 0 Å². The van der Waals surface area contributed by atoms with E-state index >= 15 is 0 Å². The highest BCUT2D eigenvalue weighted by atomic mass is 16.4. The van der Waals surface area contributed by atoms with E-state index in [0.717, 1.165) is 5.56 Å². The number of hydrogen-bond donors (Lipinski definition) is 3. The molecule has 1 aromatic rings. The number of aryl methyl sites for hydroxylation is 1. The maximum atomic E-state index is 12.0. The molecule has 0 spiro atoms. The monoisotopic (exact) mass is 336 g/mol. The summed E-state index contributed by atoms with van der Waals surface area (Å²) in [7, 11) is 0. The average Bonchev–Trinajstić information content (AvgIpc) is 3.00. The van der Waals surface area contributed by atoms with Crippen LogP contribution in [0.5, 0.6) is 0 Å². The van der Waals surface area contributed by atoms with Gasteiger partial charge in [-0.25, -0.2) is 0 Å². The van der Waals surface area contributed by atoms with Gasteiger partial charge in [-0.2, -0.15) is 0 Å². The number of carbonyl (C=O) groups excluding carboxylic acids is 2. The molecule has 24 heavy (non-hydrogen) atoms. The number of nitrogens with one attached hydrogen (secondary N) is 2. The van der Waals surface area contributed by atoms with Crippen LogP contribution in [0.3, 0.4) is 0 Å². The summed E-state index contributed by atoms with van der Waals surface area (Å²) in [6, 6.07) is 1.73. The van der Waals surface area contributed by atoms with Gasteiger partial charge in [0.05, 0.1) is 12.2 Å². The van der Waals surface area contributed by atoms with Crippen LogP contribution >= 0.6 is 0 Å². The zero-order valence-corrected chi connectivity index (χ0v) is 13.8. The molecular weight excluding hydrogens is 312 g/mol. The molecule has 0 saturated heterocycles. The van der Waals surface area contributed by atoms with Crippen LogP contribution in [0.25, 0.3) is 0 Å². The van der Waals surface area contributed by atoms with E-state index in [0.29, 0.717) is 51.0 Å². The van der Waals surface area contributed by atoms with Gasteiger partial charge in [0.1, 0.15) is 0 Å². The lowest BCUT2D eigenvalue weighted by Crippen LogP contribution is -2.36. The van der Waals surface area contributed by atoms with Gasteiger partial charge in [-0.05, 0) is 45.1 Å². The fourth-order valence-corrected chi connectivity index (χ4v) is 2.93. The Labute approximate surface area is 140 Å². The van der Waals surface area contributed by atoms with Crippen molar-refractivity contribution in [3.63, 3.8) is 0 Å². The summed E-state index contributed by atoms with van der Waals surface area (Å²) in [5.41, 5.74) is 0.790. The molecule has 0 radical (unpaired) electrons. The molecule has 2 amide bonds. The molecule has 132 valence electrons. The first kappa shape index (κ1) is 18.0. The van der Waals surface area contributed by atoms with E-state index in [4.69, 9.17) is 9.52 Å². The van der Waals surface area contributed by atoms with Gasteiger partial charge < -0.3 is 20.2 Å². The summed E-state index contributed by atoms with van der Waals surface area (Å²) < 4.78 is 5.10. The Morgan fingerprint density at radius 3 is 2.33 bits per heavy atom. The van der Waals surface area contributed by atoms with Crippen LogP contribution in [0, 0.1) is 18.8 Å². The van der Waals surface area contributed by atoms with Gasteiger partial charge in [0, 0.05) is 24.6 Å². The number of furan rings is 1. The Bertz CT molecular complexity index is 588. The summed E-state index contributed by atoms with van der Waals surface area (Å²) in [5, 5.41) is 14.6. The molecular formula is C17H24N2O5. The normalized spacial score (nSPS) is 20.4. The van der Waals surface area contributed by atoms with E-state index in [-0.39, 0.29) is 23.7 Å². The number of carboxylic acids is 1. The maximum absolute atomic E-state index is 12.0. The molecule has 1 saturated carbocycles. The second-order valence-corrected chi connectivity index (χ2v) is 6.22. The van der Waals surface area contributed by atoms with Gasteiger partial charge in [-0.1, -0.05) is 0 Å². The molecule has 0 atom stereocenters. The molecule has 0 aromatic carbocycles. The highest BCUT2D eigenvalue weighted by Crippen LogP contribution is 2.28. The molecule has 0 unspecified atom stereocenters. The third-order valence-corrected chi connectivity index (χ3v) is 4.45. The first-order valence-electron chi connectivity index (χ1n) is 8.32. The van der Waals surface area contributed by atoms with Crippen LogP contribution < -0.4 is 10.6 Å². The van der Waals surface area contributed by atoms with Gasteiger partial charge >= 0.3 is 5.97 Å². The Morgan fingerprint density at radius 1 is 1.12 bits per heavy atom. The molecule has 1 aliphatic rings. The van der Waals surface area contributed by atoms with Crippen molar-refractivity contribution >= 4 is 17.8 Å². The highest BCUT2D eigenvalue weighted by molar-refractivity contribution is 5.92. The lowest BCUT2D eigenvalue weighted by molar-refractivity contribution is -0.144. The van der Waals surface area contributed by atoms with E-state index < -0.39 is 5.97 Å². The number of hydrogen-bond acceptors (Lipinski definition) is 4. The van der Waals surface area contributed by atoms with Crippen molar-refractivity contribution in [3.8, 4) is 0 Å². The number of aliphatic carboxylic acids is 1. The quantitative estimate of drug-likeness (QED) is 0.657. The first-order chi connectivity index (χ1) is 11.5. The minimum absolute atomic E-state index is 0.0213. The molecule has 3 N–H and O–H groups in total. The molecule has 7 heteroatoms. The molecule has 2 rings (SSSR count). The minimum Gasteiger partial charge on any atom is -0.481 e. The van der Waals surface area contributed by atoms with Crippen LogP contribution in [0.4, 0.5) is 0 Å². The van der Waals surface area contributed by atoms with E-state index in [1.165, 1.54) is 6.26 Å². The predicted molar refractivity (Wildman–Crippen MR) is 86.5 cm³/mol. The molecule has 1 aliphatic carbocycles. The average molecular weight is 336 g/mol. The molecule has 0 aliphatic heterocycles. The fourth-order valence-electron chi connectivity index (χ4n) is 2.93. The second kappa shape index (κ2) is 8.52. The summed E-state index contributed by atoms with van der Waals surface area (Å²) in [4.78, 5) is 34.8. The zero-order chi connectivity index (χ0) is 17.5. The van der Waals surface area contributed by atoms with Gasteiger partial charge in [0.15, 0.2) is 5.76 Å². The van der Waals surface area contributed by atoms with Crippen LogP contribution in [-0.4, -0.2) is 36.0 Å². The smallest absolute Gasteiger partial charge is 0.306 e. The Morgan fingerprint density at radius 2 is 1.75 bits per heavy atom.